The molecule has 8 heteroatoms. The van der Waals surface area contributed by atoms with Gasteiger partial charge in [-0.15, -0.1) is 0 Å². The van der Waals surface area contributed by atoms with Crippen LogP contribution in [0.5, 0.6) is 0 Å². The molecular formula is C16H19N7O. The molecule has 0 amide bonds. The zero-order valence-corrected chi connectivity index (χ0v) is 14.0. The number of nitrogen functional groups attached to an aromatic ring is 1. The molecule has 8 nitrogen and oxygen atoms in total. The molecule has 24 heavy (non-hydrogen) atoms. The number of pyridine rings is 1. The summed E-state index contributed by atoms with van der Waals surface area (Å²) in [4.78, 5) is 12.8. The van der Waals surface area contributed by atoms with Gasteiger partial charge in [0.1, 0.15) is 5.39 Å². The molecule has 0 aromatic carbocycles. The Labute approximate surface area is 138 Å². The summed E-state index contributed by atoms with van der Waals surface area (Å²) in [5.74, 6) is -0.179. The molecule has 2 atom stereocenters. The molecular weight excluding hydrogens is 306 g/mol. The van der Waals surface area contributed by atoms with Crippen LogP contribution in [0.4, 0.5) is 5.82 Å². The van der Waals surface area contributed by atoms with Crippen molar-refractivity contribution in [2.24, 2.45) is 13.0 Å². The maximum Gasteiger partial charge on any atom is 0.264 e. The average molecular weight is 325 g/mol. The van der Waals surface area contributed by atoms with Crippen molar-refractivity contribution in [3.05, 3.63) is 28.3 Å². The molecule has 0 spiro atoms. The van der Waals surface area contributed by atoms with Crippen LogP contribution in [0.15, 0.2) is 17.1 Å². The highest BCUT2D eigenvalue weighted by molar-refractivity contribution is 5.97. The molecule has 3 heterocycles. The molecule has 0 saturated heterocycles. The monoisotopic (exact) mass is 325 g/mol. The third kappa shape index (κ3) is 2.25. The molecule has 3 aromatic rings. The average Bonchev–Trinajstić information content (AvgIpc) is 3.10. The van der Waals surface area contributed by atoms with Crippen molar-refractivity contribution in [1.82, 2.24) is 24.5 Å². The summed E-state index contributed by atoms with van der Waals surface area (Å²) in [6.07, 6.45) is 1.72. The number of aromatic amines is 1. The van der Waals surface area contributed by atoms with Crippen molar-refractivity contribution in [3.8, 4) is 17.3 Å². The number of fused-ring (bicyclic) bond motifs is 1. The van der Waals surface area contributed by atoms with E-state index in [2.05, 4.69) is 21.4 Å². The Bertz CT molecular complexity index is 998. The molecule has 124 valence electrons. The number of nitrogens with two attached hydrogens (primary N) is 1. The van der Waals surface area contributed by atoms with Gasteiger partial charge in [-0.25, -0.2) is 0 Å². The van der Waals surface area contributed by atoms with Crippen molar-refractivity contribution in [2.45, 2.75) is 26.8 Å². The Hall–Kier alpha value is -3.08. The number of aryl methyl sites for hydroxylation is 2. The van der Waals surface area contributed by atoms with E-state index in [1.165, 1.54) is 0 Å². The van der Waals surface area contributed by atoms with Crippen molar-refractivity contribution < 1.29 is 0 Å². The van der Waals surface area contributed by atoms with E-state index < -0.39 is 0 Å². The Morgan fingerprint density at radius 2 is 2.12 bits per heavy atom. The van der Waals surface area contributed by atoms with Gasteiger partial charge in [-0.05, 0) is 26.8 Å². The molecule has 0 fully saturated rings. The van der Waals surface area contributed by atoms with E-state index >= 15 is 0 Å². The van der Waals surface area contributed by atoms with Gasteiger partial charge in [0.05, 0.1) is 23.2 Å². The molecule has 3 N–H and O–H groups in total. The molecule has 0 aliphatic carbocycles. The number of nitriles is 1. The lowest BCUT2D eigenvalue weighted by molar-refractivity contribution is 0.442. The van der Waals surface area contributed by atoms with Crippen LogP contribution in [-0.4, -0.2) is 24.5 Å². The van der Waals surface area contributed by atoms with E-state index in [1.807, 2.05) is 27.0 Å². The maximum absolute atomic E-state index is 12.8. The van der Waals surface area contributed by atoms with Crippen LogP contribution in [0, 0.1) is 24.2 Å². The molecule has 0 saturated carbocycles. The van der Waals surface area contributed by atoms with Crippen molar-refractivity contribution in [2.75, 3.05) is 5.73 Å². The first-order valence-electron chi connectivity index (χ1n) is 7.64. The number of nitrogens with one attached hydrogen (secondary N) is 1. The number of rotatable bonds is 3. The topological polar surface area (TPSA) is 118 Å². The zero-order valence-electron chi connectivity index (χ0n) is 14.0. The fraction of sp³-hybridized carbons (Fsp3) is 0.375. The number of nitrogens with zero attached hydrogens (tertiary/aromatic N) is 5. The molecule has 0 bridgehead atoms. The van der Waals surface area contributed by atoms with Gasteiger partial charge >= 0.3 is 0 Å². The van der Waals surface area contributed by atoms with Gasteiger partial charge in [-0.2, -0.15) is 15.5 Å². The third-order valence-corrected chi connectivity index (χ3v) is 4.54. The second-order valence-corrected chi connectivity index (χ2v) is 6.07. The van der Waals surface area contributed by atoms with E-state index in [-0.39, 0.29) is 23.3 Å². The summed E-state index contributed by atoms with van der Waals surface area (Å²) in [6.45, 7) is 5.57. The molecule has 3 rings (SSSR count). The fourth-order valence-electron chi connectivity index (χ4n) is 2.70. The largest absolute Gasteiger partial charge is 0.382 e. The van der Waals surface area contributed by atoms with Gasteiger partial charge in [0.15, 0.2) is 5.82 Å². The Morgan fingerprint density at radius 3 is 2.71 bits per heavy atom. The highest BCUT2D eigenvalue weighted by Crippen LogP contribution is 2.29. The Kier molecular flexibility index (Phi) is 3.64. The maximum atomic E-state index is 12.8. The Balaban J connectivity index is 2.35. The number of hydrogen-bond donors (Lipinski definition) is 2. The lowest BCUT2D eigenvalue weighted by atomic mass is 10.0. The quantitative estimate of drug-likeness (QED) is 0.760. The second kappa shape index (κ2) is 5.53. The first kappa shape index (κ1) is 15.8. The van der Waals surface area contributed by atoms with Crippen LogP contribution >= 0.6 is 0 Å². The minimum atomic E-state index is -0.327. The second-order valence-electron chi connectivity index (χ2n) is 6.07. The van der Waals surface area contributed by atoms with Crippen molar-refractivity contribution in [3.63, 3.8) is 0 Å². The van der Waals surface area contributed by atoms with Crippen LogP contribution in [-0.2, 0) is 7.05 Å². The van der Waals surface area contributed by atoms with Crippen LogP contribution in [0.3, 0.4) is 0 Å². The van der Waals surface area contributed by atoms with Crippen LogP contribution in [0.2, 0.25) is 0 Å². The first-order chi connectivity index (χ1) is 11.3. The van der Waals surface area contributed by atoms with E-state index in [1.54, 1.807) is 22.4 Å². The normalized spacial score (nSPS) is 13.8. The summed E-state index contributed by atoms with van der Waals surface area (Å²) in [5.41, 5.74) is 8.62. The number of H-pyrrole nitrogens is 1. The van der Waals surface area contributed by atoms with Crippen LogP contribution < -0.4 is 11.3 Å². The lowest BCUT2D eigenvalue weighted by Gasteiger charge is -2.18. The summed E-state index contributed by atoms with van der Waals surface area (Å²) < 4.78 is 3.30. The molecule has 0 radical (unpaired) electrons. The fourth-order valence-corrected chi connectivity index (χ4v) is 2.70. The van der Waals surface area contributed by atoms with Gasteiger partial charge in [0.2, 0.25) is 0 Å². The van der Waals surface area contributed by atoms with Gasteiger partial charge in [0, 0.05) is 30.5 Å². The first-order valence-corrected chi connectivity index (χ1v) is 7.64. The minimum Gasteiger partial charge on any atom is -0.382 e. The van der Waals surface area contributed by atoms with Crippen molar-refractivity contribution >= 4 is 16.7 Å². The van der Waals surface area contributed by atoms with Crippen molar-refractivity contribution in [1.29, 1.82) is 5.26 Å². The Morgan fingerprint density at radius 1 is 1.42 bits per heavy atom. The lowest BCUT2D eigenvalue weighted by Crippen LogP contribution is -2.26. The van der Waals surface area contributed by atoms with E-state index in [4.69, 9.17) is 5.73 Å². The molecule has 0 aliphatic rings. The van der Waals surface area contributed by atoms with Gasteiger partial charge < -0.3 is 10.3 Å². The smallest absolute Gasteiger partial charge is 0.264 e. The van der Waals surface area contributed by atoms with E-state index in [0.717, 1.165) is 11.3 Å². The summed E-state index contributed by atoms with van der Waals surface area (Å²) in [7, 11) is 1.85. The van der Waals surface area contributed by atoms with E-state index in [0.29, 0.717) is 16.6 Å². The molecule has 0 aliphatic heterocycles. The summed E-state index contributed by atoms with van der Waals surface area (Å²) in [6, 6.07) is 3.81. The predicted octanol–water partition coefficient (Wildman–Crippen LogP) is 1.74. The minimum absolute atomic E-state index is 0.148. The zero-order chi connectivity index (χ0) is 17.6. The predicted molar refractivity (Wildman–Crippen MR) is 91.2 cm³/mol. The summed E-state index contributed by atoms with van der Waals surface area (Å²) >= 11 is 0. The van der Waals surface area contributed by atoms with Crippen LogP contribution in [0.1, 0.15) is 25.6 Å². The SMILES string of the molecule is Cc1cc(-c2cn(C(C)[C@H](C)C#N)c(=O)c3c(N)n[nH]c23)nn1C. The van der Waals surface area contributed by atoms with Crippen LogP contribution in [0.25, 0.3) is 22.2 Å². The molecule has 3 aromatic heterocycles. The van der Waals surface area contributed by atoms with Gasteiger partial charge in [0.25, 0.3) is 5.56 Å². The third-order valence-electron chi connectivity index (χ3n) is 4.54. The highest BCUT2D eigenvalue weighted by atomic mass is 16.1. The number of anilines is 1. The number of hydrogen-bond acceptors (Lipinski definition) is 5. The molecule has 1 unspecified atom stereocenters. The highest BCUT2D eigenvalue weighted by Gasteiger charge is 2.22. The van der Waals surface area contributed by atoms with E-state index in [9.17, 15) is 10.1 Å². The van der Waals surface area contributed by atoms with Gasteiger partial charge in [-0.3, -0.25) is 14.6 Å². The number of aromatic nitrogens is 5. The standard InChI is InChI=1S/C16H19N7O/c1-8(6-17)10(3)23-7-11(12-5-9(2)22(4)21-12)14-13(16(23)24)15(18)20-19-14/h5,7-8,10H,1-4H3,(H3,18,19,20)/t8-,10?/m1/s1. The summed E-state index contributed by atoms with van der Waals surface area (Å²) in [5, 5.41) is 20.8. The van der Waals surface area contributed by atoms with Gasteiger partial charge in [-0.1, -0.05) is 0 Å².